The predicted octanol–water partition coefficient (Wildman–Crippen LogP) is 1.18. The minimum Gasteiger partial charge on any atom is -0.506 e. The number of aliphatic hydroxyl groups excluding tert-OH is 1. The number of aromatic hydroxyl groups is 1. The Labute approximate surface area is 93.2 Å². The average molecular weight is 232 g/mol. The predicted molar refractivity (Wildman–Crippen MR) is 57.8 cm³/mol. The molecule has 0 radical (unpaired) electrons. The third kappa shape index (κ3) is 2.60. The number of ether oxygens (including phenoxy) is 1. The first-order chi connectivity index (χ1) is 7.11. The van der Waals surface area contributed by atoms with Gasteiger partial charge in [-0.25, -0.2) is 0 Å². The summed E-state index contributed by atoms with van der Waals surface area (Å²) < 4.78 is 4.95. The van der Waals surface area contributed by atoms with Crippen molar-refractivity contribution in [3.05, 3.63) is 28.3 Å². The number of hydrogen-bond acceptors (Lipinski definition) is 4. The molecule has 0 amide bonds. The Balaban J connectivity index is 3.21. The van der Waals surface area contributed by atoms with Crippen LogP contribution in [-0.4, -0.2) is 23.9 Å². The van der Waals surface area contributed by atoms with E-state index in [-0.39, 0.29) is 23.9 Å². The van der Waals surface area contributed by atoms with Crippen LogP contribution in [0.2, 0.25) is 5.02 Å². The largest absolute Gasteiger partial charge is 0.506 e. The van der Waals surface area contributed by atoms with Gasteiger partial charge in [0.1, 0.15) is 5.75 Å². The van der Waals surface area contributed by atoms with Gasteiger partial charge in [0.25, 0.3) is 0 Å². The number of methoxy groups -OCH3 is 1. The number of nitrogens with two attached hydrogens (primary N) is 1. The molecule has 0 saturated carbocycles. The van der Waals surface area contributed by atoms with E-state index >= 15 is 0 Å². The molecule has 1 rings (SSSR count). The SMILES string of the molecule is COCc1ccc(Cl)c(O)c1C(O)CN. The maximum absolute atomic E-state index is 9.70. The Kier molecular flexibility index (Phi) is 4.35. The highest BCUT2D eigenvalue weighted by atomic mass is 35.5. The van der Waals surface area contributed by atoms with Crippen LogP contribution in [0.15, 0.2) is 12.1 Å². The molecular formula is C10H14ClNO3. The minimum atomic E-state index is -0.936. The van der Waals surface area contributed by atoms with Crippen molar-refractivity contribution in [2.24, 2.45) is 5.73 Å². The van der Waals surface area contributed by atoms with Gasteiger partial charge in [0.2, 0.25) is 0 Å². The van der Waals surface area contributed by atoms with E-state index in [1.165, 1.54) is 7.11 Å². The third-order valence-electron chi connectivity index (χ3n) is 2.11. The molecule has 1 unspecified atom stereocenters. The summed E-state index contributed by atoms with van der Waals surface area (Å²) in [5.41, 5.74) is 6.36. The fraction of sp³-hybridized carbons (Fsp3) is 0.400. The van der Waals surface area contributed by atoms with Crippen molar-refractivity contribution >= 4 is 11.6 Å². The van der Waals surface area contributed by atoms with Gasteiger partial charge < -0.3 is 20.7 Å². The maximum Gasteiger partial charge on any atom is 0.140 e. The van der Waals surface area contributed by atoms with Crippen molar-refractivity contribution in [1.82, 2.24) is 0 Å². The van der Waals surface area contributed by atoms with Crippen LogP contribution in [-0.2, 0) is 11.3 Å². The summed E-state index contributed by atoms with van der Waals surface area (Å²) in [6.07, 6.45) is -0.936. The van der Waals surface area contributed by atoms with Gasteiger partial charge in [0.05, 0.1) is 17.7 Å². The molecule has 84 valence electrons. The van der Waals surface area contributed by atoms with Crippen molar-refractivity contribution in [2.45, 2.75) is 12.7 Å². The van der Waals surface area contributed by atoms with Crippen LogP contribution in [0.4, 0.5) is 0 Å². The monoisotopic (exact) mass is 231 g/mol. The lowest BCUT2D eigenvalue weighted by Gasteiger charge is -2.16. The van der Waals surface area contributed by atoms with E-state index in [0.29, 0.717) is 11.1 Å². The lowest BCUT2D eigenvalue weighted by molar-refractivity contribution is 0.163. The second-order valence-electron chi connectivity index (χ2n) is 3.15. The van der Waals surface area contributed by atoms with Crippen LogP contribution < -0.4 is 5.73 Å². The summed E-state index contributed by atoms with van der Waals surface area (Å²) in [5.74, 6) is -0.135. The van der Waals surface area contributed by atoms with E-state index in [2.05, 4.69) is 0 Å². The number of benzene rings is 1. The molecule has 1 aromatic rings. The smallest absolute Gasteiger partial charge is 0.140 e. The quantitative estimate of drug-likeness (QED) is 0.728. The Morgan fingerprint density at radius 2 is 2.20 bits per heavy atom. The molecule has 0 saturated heterocycles. The summed E-state index contributed by atoms with van der Waals surface area (Å²) in [4.78, 5) is 0. The first kappa shape index (κ1) is 12.3. The molecule has 0 bridgehead atoms. The molecule has 15 heavy (non-hydrogen) atoms. The highest BCUT2D eigenvalue weighted by molar-refractivity contribution is 6.32. The van der Waals surface area contributed by atoms with Crippen LogP contribution >= 0.6 is 11.6 Å². The molecule has 1 aromatic carbocycles. The molecule has 0 fully saturated rings. The molecule has 0 spiro atoms. The highest BCUT2D eigenvalue weighted by Crippen LogP contribution is 2.34. The highest BCUT2D eigenvalue weighted by Gasteiger charge is 2.17. The van der Waals surface area contributed by atoms with Gasteiger partial charge in [-0.05, 0) is 11.6 Å². The Hall–Kier alpha value is -0.810. The summed E-state index contributed by atoms with van der Waals surface area (Å²) >= 11 is 5.74. The fourth-order valence-electron chi connectivity index (χ4n) is 1.39. The average Bonchev–Trinajstić information content (AvgIpc) is 2.23. The van der Waals surface area contributed by atoms with Gasteiger partial charge in [0, 0.05) is 19.2 Å². The number of hydrogen-bond donors (Lipinski definition) is 3. The Bertz CT molecular complexity index is 344. The van der Waals surface area contributed by atoms with Gasteiger partial charge in [-0.15, -0.1) is 0 Å². The Morgan fingerprint density at radius 1 is 1.53 bits per heavy atom. The summed E-state index contributed by atoms with van der Waals surface area (Å²) in [6.45, 7) is 0.307. The van der Waals surface area contributed by atoms with Crippen molar-refractivity contribution in [3.8, 4) is 5.75 Å². The fourth-order valence-corrected chi connectivity index (χ4v) is 1.56. The lowest BCUT2D eigenvalue weighted by atomic mass is 10.0. The van der Waals surface area contributed by atoms with E-state index < -0.39 is 6.10 Å². The van der Waals surface area contributed by atoms with Crippen LogP contribution in [0.3, 0.4) is 0 Å². The topological polar surface area (TPSA) is 75.7 Å². The molecule has 0 heterocycles. The van der Waals surface area contributed by atoms with Crippen LogP contribution in [0.25, 0.3) is 0 Å². The van der Waals surface area contributed by atoms with Gasteiger partial charge in [0.15, 0.2) is 0 Å². The first-order valence-corrected chi connectivity index (χ1v) is 4.87. The van der Waals surface area contributed by atoms with Crippen molar-refractivity contribution in [3.63, 3.8) is 0 Å². The minimum absolute atomic E-state index is 0.0185. The number of rotatable bonds is 4. The first-order valence-electron chi connectivity index (χ1n) is 4.49. The van der Waals surface area contributed by atoms with E-state index in [4.69, 9.17) is 22.1 Å². The maximum atomic E-state index is 9.70. The lowest BCUT2D eigenvalue weighted by Crippen LogP contribution is -2.14. The van der Waals surface area contributed by atoms with Crippen LogP contribution in [0.1, 0.15) is 17.2 Å². The van der Waals surface area contributed by atoms with Gasteiger partial charge in [-0.1, -0.05) is 17.7 Å². The zero-order valence-corrected chi connectivity index (χ0v) is 9.16. The summed E-state index contributed by atoms with van der Waals surface area (Å²) in [6, 6.07) is 3.25. The molecular weight excluding hydrogens is 218 g/mol. The third-order valence-corrected chi connectivity index (χ3v) is 2.42. The zero-order valence-electron chi connectivity index (χ0n) is 8.40. The Morgan fingerprint density at radius 3 is 2.73 bits per heavy atom. The zero-order chi connectivity index (χ0) is 11.4. The molecule has 0 aliphatic heterocycles. The molecule has 4 nitrogen and oxygen atoms in total. The van der Waals surface area contributed by atoms with E-state index in [1.54, 1.807) is 12.1 Å². The molecule has 1 atom stereocenters. The van der Waals surface area contributed by atoms with Crippen molar-refractivity contribution in [1.29, 1.82) is 0 Å². The number of halogens is 1. The molecule has 0 aromatic heterocycles. The van der Waals surface area contributed by atoms with E-state index in [9.17, 15) is 10.2 Å². The molecule has 4 N–H and O–H groups in total. The van der Waals surface area contributed by atoms with Gasteiger partial charge in [-0.2, -0.15) is 0 Å². The normalized spacial score (nSPS) is 12.8. The summed E-state index contributed by atoms with van der Waals surface area (Å²) in [7, 11) is 1.53. The second-order valence-corrected chi connectivity index (χ2v) is 3.56. The number of aliphatic hydroxyl groups is 1. The van der Waals surface area contributed by atoms with Crippen molar-refractivity contribution < 1.29 is 14.9 Å². The number of phenols is 1. The van der Waals surface area contributed by atoms with Crippen LogP contribution in [0.5, 0.6) is 5.75 Å². The van der Waals surface area contributed by atoms with Gasteiger partial charge >= 0.3 is 0 Å². The molecule has 0 aliphatic carbocycles. The number of phenolic OH excluding ortho intramolecular Hbond substituents is 1. The van der Waals surface area contributed by atoms with Crippen LogP contribution in [0, 0.1) is 0 Å². The van der Waals surface area contributed by atoms with E-state index in [1.807, 2.05) is 0 Å². The van der Waals surface area contributed by atoms with E-state index in [0.717, 1.165) is 0 Å². The molecule has 0 aliphatic rings. The van der Waals surface area contributed by atoms with Gasteiger partial charge in [-0.3, -0.25) is 0 Å². The summed E-state index contributed by atoms with van der Waals surface area (Å²) in [5, 5.41) is 19.5. The van der Waals surface area contributed by atoms with Crippen molar-refractivity contribution in [2.75, 3.05) is 13.7 Å². The standard InChI is InChI=1S/C10H14ClNO3/c1-15-5-6-2-3-7(11)10(14)9(6)8(13)4-12/h2-3,8,13-14H,4-5,12H2,1H3. The second kappa shape index (κ2) is 5.32. The molecule has 5 heteroatoms.